The predicted octanol–water partition coefficient (Wildman–Crippen LogP) is 3.87. The van der Waals surface area contributed by atoms with E-state index in [9.17, 15) is 14.4 Å². The van der Waals surface area contributed by atoms with Gasteiger partial charge < -0.3 is 15.4 Å². The van der Waals surface area contributed by atoms with Gasteiger partial charge >= 0.3 is 5.97 Å². The minimum atomic E-state index is -0.380. The molecule has 154 valence electrons. The minimum Gasteiger partial charge on any atom is -0.462 e. The molecule has 0 bridgehead atoms. The lowest BCUT2D eigenvalue weighted by Gasteiger charge is -2.12. The first-order valence-electron chi connectivity index (χ1n) is 9.96. The van der Waals surface area contributed by atoms with Crippen LogP contribution in [0.4, 0.5) is 5.00 Å². The molecule has 7 heteroatoms. The number of thiophene rings is 1. The third-order valence-electron chi connectivity index (χ3n) is 4.82. The zero-order chi connectivity index (χ0) is 20.8. The van der Waals surface area contributed by atoms with Crippen molar-refractivity contribution in [1.82, 2.24) is 5.32 Å². The summed E-state index contributed by atoms with van der Waals surface area (Å²) in [5.74, 6) is -0.825. The predicted molar refractivity (Wildman–Crippen MR) is 114 cm³/mol. The number of hydrogen-bond acceptors (Lipinski definition) is 5. The Morgan fingerprint density at radius 1 is 1.17 bits per heavy atom. The molecular weight excluding hydrogens is 388 g/mol. The van der Waals surface area contributed by atoms with Crippen molar-refractivity contribution in [2.75, 3.05) is 18.5 Å². The Morgan fingerprint density at radius 3 is 2.72 bits per heavy atom. The molecule has 0 atom stereocenters. The molecule has 0 saturated carbocycles. The van der Waals surface area contributed by atoms with E-state index in [1.54, 1.807) is 19.1 Å². The molecule has 29 heavy (non-hydrogen) atoms. The fourth-order valence-electron chi connectivity index (χ4n) is 3.44. The summed E-state index contributed by atoms with van der Waals surface area (Å²) in [7, 11) is 0. The fourth-order valence-corrected chi connectivity index (χ4v) is 4.73. The van der Waals surface area contributed by atoms with Gasteiger partial charge in [0.25, 0.3) is 5.91 Å². The summed E-state index contributed by atoms with van der Waals surface area (Å²) in [5.41, 5.74) is 3.09. The Kier molecular flexibility index (Phi) is 7.04. The van der Waals surface area contributed by atoms with Crippen LogP contribution in [0.25, 0.3) is 0 Å². The second kappa shape index (κ2) is 9.69. The number of carbonyl (C=O) groups is 3. The van der Waals surface area contributed by atoms with E-state index in [2.05, 4.69) is 10.6 Å². The van der Waals surface area contributed by atoms with Crippen molar-refractivity contribution in [2.24, 2.45) is 0 Å². The molecular formula is C22H26N2O4S. The van der Waals surface area contributed by atoms with Crippen molar-refractivity contribution in [1.29, 1.82) is 0 Å². The summed E-state index contributed by atoms with van der Waals surface area (Å²) in [6, 6.07) is 7.29. The zero-order valence-corrected chi connectivity index (χ0v) is 17.6. The van der Waals surface area contributed by atoms with Crippen LogP contribution in [0, 0.1) is 6.92 Å². The number of rotatable bonds is 7. The third-order valence-corrected chi connectivity index (χ3v) is 6.03. The first-order valence-corrected chi connectivity index (χ1v) is 10.8. The topological polar surface area (TPSA) is 84.5 Å². The van der Waals surface area contributed by atoms with Crippen molar-refractivity contribution in [3.05, 3.63) is 51.4 Å². The molecule has 6 nitrogen and oxygen atoms in total. The minimum absolute atomic E-state index is 0.127. The van der Waals surface area contributed by atoms with Crippen LogP contribution in [0.15, 0.2) is 24.3 Å². The molecule has 2 aromatic rings. The van der Waals surface area contributed by atoms with Crippen LogP contribution in [0.3, 0.4) is 0 Å². The lowest BCUT2D eigenvalue weighted by Crippen LogP contribution is -2.27. The molecule has 1 aromatic carbocycles. The fraction of sp³-hybridized carbons (Fsp3) is 0.409. The summed E-state index contributed by atoms with van der Waals surface area (Å²) >= 11 is 1.46. The molecule has 0 aliphatic heterocycles. The SMILES string of the molecule is CCOC(=O)c1c(NC(=O)CCNC(=O)c2cccc(C)c2)sc2c1CCCC2. The lowest BCUT2D eigenvalue weighted by molar-refractivity contribution is -0.116. The van der Waals surface area contributed by atoms with Crippen LogP contribution in [0.2, 0.25) is 0 Å². The molecule has 2 amide bonds. The van der Waals surface area contributed by atoms with E-state index in [0.29, 0.717) is 22.7 Å². The van der Waals surface area contributed by atoms with Crippen molar-refractivity contribution < 1.29 is 19.1 Å². The second-order valence-electron chi connectivity index (χ2n) is 7.06. The average molecular weight is 415 g/mol. The molecule has 0 unspecified atom stereocenters. The van der Waals surface area contributed by atoms with E-state index in [0.717, 1.165) is 41.7 Å². The van der Waals surface area contributed by atoms with Gasteiger partial charge in [0.1, 0.15) is 5.00 Å². The van der Waals surface area contributed by atoms with Crippen molar-refractivity contribution in [3.8, 4) is 0 Å². The summed E-state index contributed by atoms with van der Waals surface area (Å²) in [5, 5.41) is 6.18. The van der Waals surface area contributed by atoms with Crippen LogP contribution in [0.5, 0.6) is 0 Å². The Labute approximate surface area is 174 Å². The highest BCUT2D eigenvalue weighted by molar-refractivity contribution is 7.17. The van der Waals surface area contributed by atoms with Gasteiger partial charge in [-0.15, -0.1) is 11.3 Å². The summed E-state index contributed by atoms with van der Waals surface area (Å²) in [4.78, 5) is 38.2. The zero-order valence-electron chi connectivity index (χ0n) is 16.8. The Hall–Kier alpha value is -2.67. The van der Waals surface area contributed by atoms with E-state index in [1.165, 1.54) is 11.3 Å². The summed E-state index contributed by atoms with van der Waals surface area (Å²) in [6.45, 7) is 4.21. The standard InChI is InChI=1S/C22H26N2O4S/c1-3-28-22(27)19-16-9-4-5-10-17(16)29-21(19)24-18(25)11-12-23-20(26)15-8-6-7-14(2)13-15/h6-8,13H,3-5,9-12H2,1-2H3,(H,23,26)(H,24,25). The molecule has 0 spiro atoms. The van der Waals surface area contributed by atoms with E-state index < -0.39 is 0 Å². The highest BCUT2D eigenvalue weighted by Crippen LogP contribution is 2.38. The number of carbonyl (C=O) groups excluding carboxylic acids is 3. The van der Waals surface area contributed by atoms with Gasteiger partial charge in [0, 0.05) is 23.4 Å². The number of amides is 2. The molecule has 0 fully saturated rings. The average Bonchev–Trinajstić information content (AvgIpc) is 3.05. The number of ether oxygens (including phenoxy) is 1. The van der Waals surface area contributed by atoms with Gasteiger partial charge in [0.05, 0.1) is 12.2 Å². The van der Waals surface area contributed by atoms with Crippen molar-refractivity contribution >= 4 is 34.1 Å². The quantitative estimate of drug-likeness (QED) is 0.674. The number of fused-ring (bicyclic) bond motifs is 1. The maximum atomic E-state index is 12.4. The number of hydrogen-bond donors (Lipinski definition) is 2. The van der Waals surface area contributed by atoms with Gasteiger partial charge in [0.2, 0.25) is 5.91 Å². The number of benzene rings is 1. The highest BCUT2D eigenvalue weighted by atomic mass is 32.1. The molecule has 1 heterocycles. The smallest absolute Gasteiger partial charge is 0.341 e. The van der Waals surface area contributed by atoms with Crippen LogP contribution in [0.1, 0.15) is 62.9 Å². The van der Waals surface area contributed by atoms with Crippen LogP contribution >= 0.6 is 11.3 Å². The molecule has 0 saturated heterocycles. The lowest BCUT2D eigenvalue weighted by atomic mass is 9.95. The Bertz CT molecular complexity index is 920. The summed E-state index contributed by atoms with van der Waals surface area (Å²) < 4.78 is 5.21. The van der Waals surface area contributed by atoms with Crippen molar-refractivity contribution in [2.45, 2.75) is 46.0 Å². The molecule has 1 aliphatic rings. The first kappa shape index (κ1) is 21.0. The number of esters is 1. The van der Waals surface area contributed by atoms with Gasteiger partial charge in [0.15, 0.2) is 0 Å². The van der Waals surface area contributed by atoms with Crippen LogP contribution < -0.4 is 10.6 Å². The third kappa shape index (κ3) is 5.23. The van der Waals surface area contributed by atoms with Gasteiger partial charge in [-0.05, 0) is 57.2 Å². The van der Waals surface area contributed by atoms with Gasteiger partial charge in [-0.25, -0.2) is 4.79 Å². The van der Waals surface area contributed by atoms with Crippen molar-refractivity contribution in [3.63, 3.8) is 0 Å². The highest BCUT2D eigenvalue weighted by Gasteiger charge is 2.27. The van der Waals surface area contributed by atoms with E-state index in [4.69, 9.17) is 4.74 Å². The van der Waals surface area contributed by atoms with Gasteiger partial charge in [-0.1, -0.05) is 17.7 Å². The van der Waals surface area contributed by atoms with Gasteiger partial charge in [-0.2, -0.15) is 0 Å². The molecule has 3 rings (SSSR count). The van der Waals surface area contributed by atoms with E-state index >= 15 is 0 Å². The Morgan fingerprint density at radius 2 is 1.97 bits per heavy atom. The van der Waals surface area contributed by atoms with E-state index in [1.807, 2.05) is 19.1 Å². The Balaban J connectivity index is 1.61. The van der Waals surface area contributed by atoms with E-state index in [-0.39, 0.29) is 30.7 Å². The number of nitrogens with one attached hydrogen (secondary N) is 2. The molecule has 2 N–H and O–H groups in total. The van der Waals surface area contributed by atoms with Crippen LogP contribution in [-0.2, 0) is 22.4 Å². The number of aryl methyl sites for hydroxylation is 2. The maximum Gasteiger partial charge on any atom is 0.341 e. The normalized spacial score (nSPS) is 12.8. The van der Waals surface area contributed by atoms with Crippen LogP contribution in [-0.4, -0.2) is 30.9 Å². The molecule has 0 radical (unpaired) electrons. The second-order valence-corrected chi connectivity index (χ2v) is 8.16. The largest absolute Gasteiger partial charge is 0.462 e. The monoisotopic (exact) mass is 414 g/mol. The molecule has 1 aromatic heterocycles. The number of anilines is 1. The maximum absolute atomic E-state index is 12.4. The summed E-state index contributed by atoms with van der Waals surface area (Å²) in [6.07, 6.45) is 4.02. The van der Waals surface area contributed by atoms with Gasteiger partial charge in [-0.3, -0.25) is 9.59 Å². The molecule has 1 aliphatic carbocycles. The first-order chi connectivity index (χ1) is 14.0.